The lowest BCUT2D eigenvalue weighted by atomic mass is 9.78. The molecule has 0 saturated carbocycles. The number of ether oxygens (including phenoxy) is 2. The molecule has 26 heavy (non-hydrogen) atoms. The van der Waals surface area contributed by atoms with Gasteiger partial charge in [-0.2, -0.15) is 0 Å². The highest BCUT2D eigenvalue weighted by Gasteiger charge is 2.47. The van der Waals surface area contributed by atoms with Crippen molar-refractivity contribution in [3.05, 3.63) is 30.1 Å². The lowest BCUT2D eigenvalue weighted by molar-refractivity contribution is -0.0618. The van der Waals surface area contributed by atoms with Gasteiger partial charge in [-0.1, -0.05) is 13.0 Å². The van der Waals surface area contributed by atoms with Gasteiger partial charge in [0.05, 0.1) is 18.0 Å². The predicted molar refractivity (Wildman–Crippen MR) is 100 cm³/mol. The van der Waals surface area contributed by atoms with E-state index in [9.17, 15) is 8.42 Å². The maximum absolute atomic E-state index is 12.3. The third-order valence-electron chi connectivity index (χ3n) is 5.63. The summed E-state index contributed by atoms with van der Waals surface area (Å²) in [6, 6.07) is 3.93. The van der Waals surface area contributed by atoms with Gasteiger partial charge in [-0.25, -0.2) is 12.7 Å². The second-order valence-electron chi connectivity index (χ2n) is 7.32. The zero-order valence-electron chi connectivity index (χ0n) is 15.6. The van der Waals surface area contributed by atoms with Crippen LogP contribution in [0.3, 0.4) is 0 Å². The Hall–Kier alpha value is -1.02. The van der Waals surface area contributed by atoms with Gasteiger partial charge in [-0.3, -0.25) is 4.98 Å². The van der Waals surface area contributed by atoms with Crippen LogP contribution in [0.5, 0.6) is 0 Å². The highest BCUT2D eigenvalue weighted by molar-refractivity contribution is 7.89. The first kappa shape index (κ1) is 19.7. The second-order valence-corrected chi connectivity index (χ2v) is 9.40. The molecule has 3 rings (SSSR count). The summed E-state index contributed by atoms with van der Waals surface area (Å²) in [6.45, 7) is 5.12. The van der Waals surface area contributed by atoms with Crippen molar-refractivity contribution in [2.45, 2.75) is 51.2 Å². The highest BCUT2D eigenvalue weighted by Crippen LogP contribution is 2.42. The summed E-state index contributed by atoms with van der Waals surface area (Å²) < 4.78 is 38.2. The van der Waals surface area contributed by atoms with Gasteiger partial charge in [0, 0.05) is 38.7 Å². The first-order chi connectivity index (χ1) is 12.6. The molecular weight excluding hydrogens is 352 g/mol. The van der Waals surface area contributed by atoms with Gasteiger partial charge in [-0.15, -0.1) is 0 Å². The smallest absolute Gasteiger partial charge is 0.214 e. The van der Waals surface area contributed by atoms with Crippen LogP contribution in [0.1, 0.15) is 44.6 Å². The van der Waals surface area contributed by atoms with E-state index in [0.29, 0.717) is 38.6 Å². The highest BCUT2D eigenvalue weighted by atomic mass is 32.2. The van der Waals surface area contributed by atoms with Crippen molar-refractivity contribution in [3.8, 4) is 0 Å². The number of piperidine rings is 1. The van der Waals surface area contributed by atoms with Crippen molar-refractivity contribution in [2.75, 3.05) is 32.1 Å². The maximum Gasteiger partial charge on any atom is 0.214 e. The average Bonchev–Trinajstić information content (AvgIpc) is 3.02. The van der Waals surface area contributed by atoms with Gasteiger partial charge in [0.1, 0.15) is 0 Å². The molecule has 2 saturated heterocycles. The van der Waals surface area contributed by atoms with Crippen molar-refractivity contribution in [3.63, 3.8) is 0 Å². The fraction of sp³-hybridized carbons (Fsp3) is 0.737. The van der Waals surface area contributed by atoms with Gasteiger partial charge in [0.15, 0.2) is 0 Å². The zero-order chi connectivity index (χ0) is 18.5. The van der Waals surface area contributed by atoms with Crippen LogP contribution < -0.4 is 0 Å². The van der Waals surface area contributed by atoms with Crippen LogP contribution in [0.15, 0.2) is 24.5 Å². The number of nitrogens with zero attached hydrogens (tertiary/aromatic N) is 2. The Balaban J connectivity index is 1.47. The Morgan fingerprint density at radius 2 is 2.19 bits per heavy atom. The summed E-state index contributed by atoms with van der Waals surface area (Å²) in [5, 5.41) is 0. The van der Waals surface area contributed by atoms with Crippen LogP contribution in [-0.2, 0) is 26.1 Å². The Labute approximate surface area is 156 Å². The Kier molecular flexibility index (Phi) is 6.66. The van der Waals surface area contributed by atoms with Gasteiger partial charge >= 0.3 is 0 Å². The number of hydrogen-bond acceptors (Lipinski definition) is 5. The van der Waals surface area contributed by atoms with E-state index < -0.39 is 10.0 Å². The molecule has 1 atom stereocenters. The molecule has 0 amide bonds. The molecule has 1 aromatic heterocycles. The third kappa shape index (κ3) is 4.63. The van der Waals surface area contributed by atoms with Crippen LogP contribution in [0.25, 0.3) is 0 Å². The van der Waals surface area contributed by atoms with E-state index in [2.05, 4.69) is 4.98 Å². The van der Waals surface area contributed by atoms with E-state index in [0.717, 1.165) is 37.9 Å². The molecule has 2 aliphatic rings. The molecule has 2 fully saturated rings. The summed E-state index contributed by atoms with van der Waals surface area (Å²) in [7, 11) is -3.10. The van der Waals surface area contributed by atoms with Crippen LogP contribution in [0.4, 0.5) is 0 Å². The number of sulfonamides is 1. The summed E-state index contributed by atoms with van der Waals surface area (Å²) in [6.07, 6.45) is 7.84. The number of pyridine rings is 1. The molecule has 0 radical (unpaired) electrons. The molecule has 7 heteroatoms. The fourth-order valence-corrected chi connectivity index (χ4v) is 5.69. The van der Waals surface area contributed by atoms with E-state index in [4.69, 9.17) is 9.47 Å². The molecule has 1 aromatic rings. The van der Waals surface area contributed by atoms with Crippen molar-refractivity contribution in [1.82, 2.24) is 9.29 Å². The van der Waals surface area contributed by atoms with Crippen LogP contribution >= 0.6 is 0 Å². The van der Waals surface area contributed by atoms with Gasteiger partial charge < -0.3 is 9.47 Å². The molecule has 0 aromatic carbocycles. The van der Waals surface area contributed by atoms with Crippen LogP contribution in [-0.4, -0.2) is 55.4 Å². The molecule has 0 bridgehead atoms. The first-order valence-corrected chi connectivity index (χ1v) is 11.2. The molecule has 1 spiro atoms. The number of aromatic nitrogens is 1. The Bertz CT molecular complexity index is 657. The van der Waals surface area contributed by atoms with Crippen LogP contribution in [0, 0.1) is 5.92 Å². The number of hydrogen-bond donors (Lipinski definition) is 0. The Morgan fingerprint density at radius 1 is 1.38 bits per heavy atom. The summed E-state index contributed by atoms with van der Waals surface area (Å²) >= 11 is 0. The summed E-state index contributed by atoms with van der Waals surface area (Å²) in [5.41, 5.74) is 0.926. The quantitative estimate of drug-likeness (QED) is 0.647. The van der Waals surface area contributed by atoms with E-state index in [1.165, 1.54) is 0 Å². The largest absolute Gasteiger partial charge is 0.377 e. The normalized spacial score (nSPS) is 23.5. The molecule has 0 aliphatic carbocycles. The summed E-state index contributed by atoms with van der Waals surface area (Å²) in [4.78, 5) is 4.10. The molecule has 3 heterocycles. The van der Waals surface area contributed by atoms with E-state index >= 15 is 0 Å². The zero-order valence-corrected chi connectivity index (χ0v) is 16.4. The van der Waals surface area contributed by atoms with Gasteiger partial charge in [0.25, 0.3) is 0 Å². The van der Waals surface area contributed by atoms with Gasteiger partial charge in [0.2, 0.25) is 10.0 Å². The van der Waals surface area contributed by atoms with Crippen molar-refractivity contribution in [2.24, 2.45) is 5.92 Å². The van der Waals surface area contributed by atoms with Crippen LogP contribution in [0.2, 0.25) is 0 Å². The van der Waals surface area contributed by atoms with E-state index in [1.54, 1.807) is 10.5 Å². The molecule has 146 valence electrons. The molecule has 2 aliphatic heterocycles. The third-order valence-corrected chi connectivity index (χ3v) is 7.70. The minimum Gasteiger partial charge on any atom is -0.377 e. The first-order valence-electron chi connectivity index (χ1n) is 9.64. The Morgan fingerprint density at radius 3 is 2.88 bits per heavy atom. The molecular formula is C19H30N2O4S. The molecule has 0 unspecified atom stereocenters. The van der Waals surface area contributed by atoms with Gasteiger partial charge in [-0.05, 0) is 49.7 Å². The molecule has 0 N–H and O–H groups in total. The molecule has 6 nitrogen and oxygen atoms in total. The fourth-order valence-electron chi connectivity index (χ4n) is 4.17. The van der Waals surface area contributed by atoms with Crippen molar-refractivity contribution >= 4 is 10.0 Å². The van der Waals surface area contributed by atoms with E-state index in [1.807, 2.05) is 25.3 Å². The standard InChI is InChI=1S/C19H30N2O4S/c1-2-14-26(22,23)21-10-7-19(8-11-21)18(6-13-25-19)5-12-24-16-17-4-3-9-20-15-17/h3-4,9,15,18H,2,5-8,10-14,16H2,1H3/t18-/m0/s1. The maximum atomic E-state index is 12.3. The monoisotopic (exact) mass is 382 g/mol. The SMILES string of the molecule is CCCS(=O)(=O)N1CCC2(CC1)OCC[C@@H]2CCOCc1cccnc1. The van der Waals surface area contributed by atoms with Crippen molar-refractivity contribution < 1.29 is 17.9 Å². The summed E-state index contributed by atoms with van der Waals surface area (Å²) in [5.74, 6) is 0.694. The average molecular weight is 383 g/mol. The minimum atomic E-state index is -3.10. The van der Waals surface area contributed by atoms with Crippen molar-refractivity contribution in [1.29, 1.82) is 0 Å². The topological polar surface area (TPSA) is 68.7 Å². The lowest BCUT2D eigenvalue weighted by Crippen LogP contribution is -2.50. The minimum absolute atomic E-state index is 0.157. The lowest BCUT2D eigenvalue weighted by Gasteiger charge is -2.41. The predicted octanol–water partition coefficient (Wildman–Crippen LogP) is 2.60. The second kappa shape index (κ2) is 8.78. The number of rotatable bonds is 8. The van der Waals surface area contributed by atoms with E-state index in [-0.39, 0.29) is 11.4 Å².